The van der Waals surface area contributed by atoms with Crippen LogP contribution in [0.5, 0.6) is 0 Å². The van der Waals surface area contributed by atoms with Gasteiger partial charge in [-0.15, -0.1) is 0 Å². The van der Waals surface area contributed by atoms with Crippen molar-refractivity contribution in [3.8, 4) is 0 Å². The molecule has 0 unspecified atom stereocenters. The zero-order valence-electron chi connectivity index (χ0n) is 10.2. The highest BCUT2D eigenvalue weighted by Crippen LogP contribution is 2.13. The number of rotatable bonds is 2. The van der Waals surface area contributed by atoms with Gasteiger partial charge in [-0.05, 0) is 60.7 Å². The van der Waals surface area contributed by atoms with Gasteiger partial charge in [0.2, 0.25) is 0 Å². The van der Waals surface area contributed by atoms with E-state index >= 15 is 0 Å². The number of amides is 1. The Hall–Kier alpha value is -1.43. The highest BCUT2D eigenvalue weighted by atomic mass is 79.9. The first-order valence-corrected chi connectivity index (χ1v) is 7.26. The van der Waals surface area contributed by atoms with Crippen LogP contribution in [0.3, 0.4) is 0 Å². The van der Waals surface area contributed by atoms with Crippen molar-refractivity contribution in [3.63, 3.8) is 0 Å². The van der Waals surface area contributed by atoms with Gasteiger partial charge in [0.1, 0.15) is 0 Å². The monoisotopic (exact) mass is 368 g/mol. The maximum atomic E-state index is 11.9. The number of carbonyl (C=O) groups is 1. The zero-order chi connectivity index (χ0) is 14.5. The van der Waals surface area contributed by atoms with E-state index in [0.717, 1.165) is 10.2 Å². The minimum absolute atomic E-state index is 0.236. The predicted octanol–water partition coefficient (Wildman–Crippen LogP) is 4.23. The van der Waals surface area contributed by atoms with Crippen molar-refractivity contribution in [2.45, 2.75) is 0 Å². The van der Waals surface area contributed by atoms with Crippen LogP contribution in [0.15, 0.2) is 53.0 Å². The van der Waals surface area contributed by atoms with Crippen molar-refractivity contribution >= 4 is 56.5 Å². The van der Waals surface area contributed by atoms with E-state index in [-0.39, 0.29) is 11.0 Å². The second-order valence-corrected chi connectivity index (χ2v) is 5.68. The van der Waals surface area contributed by atoms with Crippen molar-refractivity contribution in [2.24, 2.45) is 0 Å². The lowest BCUT2D eigenvalue weighted by Crippen LogP contribution is -2.34. The maximum Gasteiger partial charge on any atom is 0.257 e. The van der Waals surface area contributed by atoms with Crippen molar-refractivity contribution in [3.05, 3.63) is 63.6 Å². The molecule has 3 nitrogen and oxygen atoms in total. The van der Waals surface area contributed by atoms with Crippen LogP contribution < -0.4 is 10.6 Å². The first kappa shape index (κ1) is 15.0. The molecule has 2 N–H and O–H groups in total. The van der Waals surface area contributed by atoms with Gasteiger partial charge in [0.25, 0.3) is 5.91 Å². The first-order chi connectivity index (χ1) is 9.54. The second kappa shape index (κ2) is 6.83. The van der Waals surface area contributed by atoms with Gasteiger partial charge in [0.15, 0.2) is 5.11 Å². The number of carbonyl (C=O) groups excluding carboxylic acids is 1. The Labute approximate surface area is 135 Å². The van der Waals surface area contributed by atoms with Gasteiger partial charge < -0.3 is 5.32 Å². The quantitative estimate of drug-likeness (QED) is 0.778. The molecule has 6 heteroatoms. The van der Waals surface area contributed by atoms with Crippen LogP contribution in [0.25, 0.3) is 0 Å². The Morgan fingerprint density at radius 3 is 2.25 bits per heavy atom. The average molecular weight is 370 g/mol. The Morgan fingerprint density at radius 2 is 1.65 bits per heavy atom. The third-order valence-corrected chi connectivity index (χ3v) is 3.42. The van der Waals surface area contributed by atoms with E-state index in [0.29, 0.717) is 10.6 Å². The Bertz CT molecular complexity index is 629. The van der Waals surface area contributed by atoms with Crippen LogP contribution in [-0.2, 0) is 0 Å². The average Bonchev–Trinajstić information content (AvgIpc) is 2.42. The Balaban J connectivity index is 1.95. The molecule has 0 atom stereocenters. The fraction of sp³-hybridized carbons (Fsp3) is 0. The molecule has 20 heavy (non-hydrogen) atoms. The molecule has 0 saturated carbocycles. The summed E-state index contributed by atoms with van der Waals surface area (Å²) in [6, 6.07) is 14.1. The zero-order valence-corrected chi connectivity index (χ0v) is 13.3. The summed E-state index contributed by atoms with van der Waals surface area (Å²) in [6.07, 6.45) is 0. The van der Waals surface area contributed by atoms with Gasteiger partial charge in [-0.3, -0.25) is 10.1 Å². The van der Waals surface area contributed by atoms with Crippen molar-refractivity contribution < 1.29 is 4.79 Å². The van der Waals surface area contributed by atoms with E-state index in [9.17, 15) is 4.79 Å². The lowest BCUT2D eigenvalue weighted by molar-refractivity contribution is 0.0977. The van der Waals surface area contributed by atoms with Gasteiger partial charge in [-0.2, -0.15) is 0 Å². The predicted molar refractivity (Wildman–Crippen MR) is 89.3 cm³/mol. The molecule has 0 aliphatic heterocycles. The lowest BCUT2D eigenvalue weighted by atomic mass is 10.2. The molecule has 102 valence electrons. The summed E-state index contributed by atoms with van der Waals surface area (Å²) in [5.74, 6) is -0.260. The molecule has 1 amide bonds. The molecule has 0 fully saturated rings. The topological polar surface area (TPSA) is 41.1 Å². The largest absolute Gasteiger partial charge is 0.332 e. The Kier molecular flexibility index (Phi) is 5.11. The summed E-state index contributed by atoms with van der Waals surface area (Å²) < 4.78 is 0.913. The highest BCUT2D eigenvalue weighted by molar-refractivity contribution is 9.10. The van der Waals surface area contributed by atoms with Gasteiger partial charge in [0, 0.05) is 20.7 Å². The smallest absolute Gasteiger partial charge is 0.257 e. The number of thiocarbonyl (C=S) groups is 1. The summed E-state index contributed by atoms with van der Waals surface area (Å²) in [4.78, 5) is 11.9. The van der Waals surface area contributed by atoms with E-state index in [1.165, 1.54) is 0 Å². The van der Waals surface area contributed by atoms with Crippen molar-refractivity contribution in [2.75, 3.05) is 5.32 Å². The van der Waals surface area contributed by atoms with E-state index in [4.69, 9.17) is 23.8 Å². The molecule has 0 aromatic heterocycles. The minimum atomic E-state index is -0.260. The normalized spacial score (nSPS) is 9.90. The van der Waals surface area contributed by atoms with Crippen LogP contribution in [0.2, 0.25) is 5.02 Å². The van der Waals surface area contributed by atoms with Gasteiger partial charge in [0.05, 0.1) is 0 Å². The molecule has 0 aliphatic carbocycles. The number of anilines is 1. The summed E-state index contributed by atoms with van der Waals surface area (Å²) in [6.45, 7) is 0. The fourth-order valence-corrected chi connectivity index (χ4v) is 2.07. The standard InChI is InChI=1S/C14H10BrClN2OS/c15-10-3-1-9(2-4-10)13(19)18-14(20)17-12-7-5-11(16)6-8-12/h1-8H,(H2,17,18,19,20). The molecule has 0 saturated heterocycles. The van der Waals surface area contributed by atoms with Crippen LogP contribution in [0.4, 0.5) is 5.69 Å². The van der Waals surface area contributed by atoms with Crippen molar-refractivity contribution in [1.29, 1.82) is 0 Å². The molecule has 0 aliphatic rings. The third kappa shape index (κ3) is 4.30. The number of halogens is 2. The van der Waals surface area contributed by atoms with Crippen LogP contribution in [0.1, 0.15) is 10.4 Å². The van der Waals surface area contributed by atoms with Crippen LogP contribution in [-0.4, -0.2) is 11.0 Å². The summed E-state index contributed by atoms with van der Waals surface area (Å²) in [7, 11) is 0. The number of benzene rings is 2. The fourth-order valence-electron chi connectivity index (χ4n) is 1.47. The molecule has 0 bridgehead atoms. The molecule has 0 radical (unpaired) electrons. The van der Waals surface area contributed by atoms with Gasteiger partial charge in [-0.1, -0.05) is 27.5 Å². The molecular weight excluding hydrogens is 360 g/mol. The highest BCUT2D eigenvalue weighted by Gasteiger charge is 2.07. The van der Waals surface area contributed by atoms with E-state index in [1.807, 2.05) is 0 Å². The number of hydrogen-bond donors (Lipinski definition) is 2. The maximum absolute atomic E-state index is 11.9. The van der Waals surface area contributed by atoms with Crippen molar-refractivity contribution in [1.82, 2.24) is 5.32 Å². The summed E-state index contributed by atoms with van der Waals surface area (Å²) >= 11 is 14.2. The van der Waals surface area contributed by atoms with E-state index in [1.54, 1.807) is 48.5 Å². The molecular formula is C14H10BrClN2OS. The lowest BCUT2D eigenvalue weighted by Gasteiger charge is -2.09. The summed E-state index contributed by atoms with van der Waals surface area (Å²) in [5.41, 5.74) is 1.30. The summed E-state index contributed by atoms with van der Waals surface area (Å²) in [5, 5.41) is 6.40. The van der Waals surface area contributed by atoms with Crippen LogP contribution in [0, 0.1) is 0 Å². The molecule has 2 aromatic rings. The van der Waals surface area contributed by atoms with E-state index < -0.39 is 0 Å². The van der Waals surface area contributed by atoms with Gasteiger partial charge in [-0.25, -0.2) is 0 Å². The van der Waals surface area contributed by atoms with E-state index in [2.05, 4.69) is 26.6 Å². The number of hydrogen-bond acceptors (Lipinski definition) is 2. The van der Waals surface area contributed by atoms with Crippen LogP contribution >= 0.6 is 39.7 Å². The molecule has 2 rings (SSSR count). The molecule has 0 heterocycles. The molecule has 2 aromatic carbocycles. The molecule has 0 spiro atoms. The third-order valence-electron chi connectivity index (χ3n) is 2.44. The van der Waals surface area contributed by atoms with Gasteiger partial charge >= 0.3 is 0 Å². The minimum Gasteiger partial charge on any atom is -0.332 e. The Morgan fingerprint density at radius 1 is 1.05 bits per heavy atom. The first-order valence-electron chi connectivity index (χ1n) is 5.68. The SMILES string of the molecule is O=C(NC(=S)Nc1ccc(Cl)cc1)c1ccc(Br)cc1. The second-order valence-electron chi connectivity index (χ2n) is 3.92. The number of nitrogens with one attached hydrogen (secondary N) is 2.